The first-order valence-corrected chi connectivity index (χ1v) is 4.75. The first kappa shape index (κ1) is 9.71. The molecule has 0 saturated carbocycles. The maximum atomic E-state index is 11.3. The standard InChI is InChI=1S/C11H11NO3/c13-10-9(11(14)15)8(6-12-10)7-4-2-1-3-5-7/h1-5,8-9H,6H2,(H,12,13)(H,14,15)/t8-,9+/m0/s1. The van der Waals surface area contributed by atoms with Crippen LogP contribution in [-0.4, -0.2) is 23.5 Å². The summed E-state index contributed by atoms with van der Waals surface area (Å²) in [6, 6.07) is 9.25. The van der Waals surface area contributed by atoms with E-state index in [0.29, 0.717) is 6.54 Å². The van der Waals surface area contributed by atoms with E-state index in [1.165, 1.54) is 0 Å². The number of rotatable bonds is 2. The van der Waals surface area contributed by atoms with Crippen molar-refractivity contribution < 1.29 is 14.7 Å². The fourth-order valence-electron chi connectivity index (χ4n) is 1.92. The molecule has 78 valence electrons. The van der Waals surface area contributed by atoms with E-state index in [1.54, 1.807) is 0 Å². The summed E-state index contributed by atoms with van der Waals surface area (Å²) in [5.41, 5.74) is 0.892. The molecule has 0 radical (unpaired) electrons. The molecular weight excluding hydrogens is 194 g/mol. The highest BCUT2D eigenvalue weighted by atomic mass is 16.4. The Labute approximate surface area is 86.9 Å². The molecule has 2 atom stereocenters. The van der Waals surface area contributed by atoms with Gasteiger partial charge in [0.05, 0.1) is 0 Å². The van der Waals surface area contributed by atoms with Crippen molar-refractivity contribution in [1.29, 1.82) is 0 Å². The van der Waals surface area contributed by atoms with Crippen LogP contribution in [0.1, 0.15) is 11.5 Å². The second kappa shape index (κ2) is 3.73. The van der Waals surface area contributed by atoms with E-state index < -0.39 is 17.8 Å². The fraction of sp³-hybridized carbons (Fsp3) is 0.273. The van der Waals surface area contributed by atoms with E-state index in [4.69, 9.17) is 5.11 Å². The largest absolute Gasteiger partial charge is 0.481 e. The van der Waals surface area contributed by atoms with E-state index in [-0.39, 0.29) is 5.92 Å². The van der Waals surface area contributed by atoms with Crippen molar-refractivity contribution in [2.75, 3.05) is 6.54 Å². The van der Waals surface area contributed by atoms with E-state index >= 15 is 0 Å². The first-order valence-electron chi connectivity index (χ1n) is 4.75. The Kier molecular flexibility index (Phi) is 2.41. The number of carbonyl (C=O) groups is 2. The van der Waals surface area contributed by atoms with Crippen molar-refractivity contribution in [2.45, 2.75) is 5.92 Å². The van der Waals surface area contributed by atoms with Crippen LogP contribution < -0.4 is 5.32 Å². The molecular formula is C11H11NO3. The van der Waals surface area contributed by atoms with Crippen molar-refractivity contribution in [3.8, 4) is 0 Å². The SMILES string of the molecule is O=C(O)[C@H]1C(=O)NC[C@H]1c1ccccc1. The predicted octanol–water partition coefficient (Wildman–Crippen LogP) is 0.601. The van der Waals surface area contributed by atoms with Crippen LogP contribution in [0, 0.1) is 5.92 Å². The van der Waals surface area contributed by atoms with Gasteiger partial charge in [-0.15, -0.1) is 0 Å². The van der Waals surface area contributed by atoms with Gasteiger partial charge in [0.1, 0.15) is 5.92 Å². The zero-order chi connectivity index (χ0) is 10.8. The number of amides is 1. The summed E-state index contributed by atoms with van der Waals surface area (Å²) in [4.78, 5) is 22.2. The van der Waals surface area contributed by atoms with Crippen molar-refractivity contribution in [3.05, 3.63) is 35.9 Å². The van der Waals surface area contributed by atoms with Crippen LogP contribution in [0.2, 0.25) is 0 Å². The lowest BCUT2D eigenvalue weighted by molar-refractivity contribution is -0.145. The molecule has 1 amide bonds. The molecule has 0 aromatic heterocycles. The molecule has 0 spiro atoms. The number of nitrogens with one attached hydrogen (secondary N) is 1. The third-order valence-corrected chi connectivity index (χ3v) is 2.67. The first-order chi connectivity index (χ1) is 7.20. The lowest BCUT2D eigenvalue weighted by atomic mass is 9.89. The molecule has 0 bridgehead atoms. The van der Waals surface area contributed by atoms with Gasteiger partial charge in [0.25, 0.3) is 0 Å². The highest BCUT2D eigenvalue weighted by molar-refractivity contribution is 5.99. The number of benzene rings is 1. The molecule has 2 rings (SSSR count). The van der Waals surface area contributed by atoms with Crippen LogP contribution in [-0.2, 0) is 9.59 Å². The topological polar surface area (TPSA) is 66.4 Å². The molecule has 0 unspecified atom stereocenters. The van der Waals surface area contributed by atoms with Crippen LogP contribution in [0.4, 0.5) is 0 Å². The maximum Gasteiger partial charge on any atom is 0.316 e. The molecule has 4 nitrogen and oxygen atoms in total. The summed E-state index contributed by atoms with van der Waals surface area (Å²) in [5.74, 6) is -2.65. The highest BCUT2D eigenvalue weighted by Crippen LogP contribution is 2.28. The molecule has 1 saturated heterocycles. The van der Waals surface area contributed by atoms with Gasteiger partial charge in [-0.25, -0.2) is 0 Å². The van der Waals surface area contributed by atoms with Gasteiger partial charge >= 0.3 is 5.97 Å². The van der Waals surface area contributed by atoms with Gasteiger partial charge in [-0.2, -0.15) is 0 Å². The average molecular weight is 205 g/mol. The Morgan fingerprint density at radius 1 is 1.33 bits per heavy atom. The van der Waals surface area contributed by atoms with E-state index in [0.717, 1.165) is 5.56 Å². The van der Waals surface area contributed by atoms with Crippen molar-refractivity contribution in [1.82, 2.24) is 5.32 Å². The molecule has 1 aliphatic heterocycles. The molecule has 1 aromatic rings. The third kappa shape index (κ3) is 1.70. The van der Waals surface area contributed by atoms with Crippen LogP contribution in [0.5, 0.6) is 0 Å². The van der Waals surface area contributed by atoms with E-state index in [1.807, 2.05) is 30.3 Å². The van der Waals surface area contributed by atoms with Crippen molar-refractivity contribution in [3.63, 3.8) is 0 Å². The Morgan fingerprint density at radius 3 is 2.60 bits per heavy atom. The number of hydrogen-bond donors (Lipinski definition) is 2. The molecule has 1 aliphatic rings. The molecule has 1 fully saturated rings. The minimum atomic E-state index is -1.06. The smallest absolute Gasteiger partial charge is 0.316 e. The molecule has 4 heteroatoms. The summed E-state index contributed by atoms with van der Waals surface area (Å²) >= 11 is 0. The zero-order valence-electron chi connectivity index (χ0n) is 8.01. The predicted molar refractivity (Wildman–Crippen MR) is 53.3 cm³/mol. The number of carboxylic acid groups (broad SMARTS) is 1. The van der Waals surface area contributed by atoms with Gasteiger partial charge in [0.2, 0.25) is 5.91 Å². The van der Waals surface area contributed by atoms with Crippen molar-refractivity contribution >= 4 is 11.9 Å². The summed E-state index contributed by atoms with van der Waals surface area (Å²) in [7, 11) is 0. The summed E-state index contributed by atoms with van der Waals surface area (Å²) in [6.07, 6.45) is 0. The number of hydrogen-bond acceptors (Lipinski definition) is 2. The normalized spacial score (nSPS) is 24.9. The van der Waals surface area contributed by atoms with Gasteiger partial charge in [0.15, 0.2) is 0 Å². The molecule has 1 aromatic carbocycles. The second-order valence-electron chi connectivity index (χ2n) is 3.58. The van der Waals surface area contributed by atoms with Gasteiger partial charge in [-0.3, -0.25) is 9.59 Å². The Bertz CT molecular complexity index is 388. The van der Waals surface area contributed by atoms with Crippen molar-refractivity contribution in [2.24, 2.45) is 5.92 Å². The van der Waals surface area contributed by atoms with Gasteiger partial charge in [-0.05, 0) is 5.56 Å². The van der Waals surface area contributed by atoms with Crippen LogP contribution in [0.25, 0.3) is 0 Å². The molecule has 1 heterocycles. The lowest BCUT2D eigenvalue weighted by Gasteiger charge is -2.12. The minimum Gasteiger partial charge on any atom is -0.481 e. The van der Waals surface area contributed by atoms with Gasteiger partial charge in [0, 0.05) is 12.5 Å². The average Bonchev–Trinajstić information content (AvgIpc) is 2.61. The number of carbonyl (C=O) groups excluding carboxylic acids is 1. The van der Waals surface area contributed by atoms with Gasteiger partial charge < -0.3 is 10.4 Å². The van der Waals surface area contributed by atoms with Crippen LogP contribution in [0.3, 0.4) is 0 Å². The number of carboxylic acids is 1. The molecule has 15 heavy (non-hydrogen) atoms. The summed E-state index contributed by atoms with van der Waals surface area (Å²) in [6.45, 7) is 0.403. The quantitative estimate of drug-likeness (QED) is 0.695. The summed E-state index contributed by atoms with van der Waals surface area (Å²) in [5, 5.41) is 11.5. The Morgan fingerprint density at radius 2 is 2.00 bits per heavy atom. The van der Waals surface area contributed by atoms with Crippen LogP contribution in [0.15, 0.2) is 30.3 Å². The Balaban J connectivity index is 2.30. The lowest BCUT2D eigenvalue weighted by Crippen LogP contribution is -2.26. The number of aliphatic carboxylic acids is 1. The van der Waals surface area contributed by atoms with Crippen LogP contribution >= 0.6 is 0 Å². The monoisotopic (exact) mass is 205 g/mol. The Hall–Kier alpha value is -1.84. The summed E-state index contributed by atoms with van der Waals surface area (Å²) < 4.78 is 0. The van der Waals surface area contributed by atoms with E-state index in [2.05, 4.69) is 5.32 Å². The van der Waals surface area contributed by atoms with Gasteiger partial charge in [-0.1, -0.05) is 30.3 Å². The highest BCUT2D eigenvalue weighted by Gasteiger charge is 2.40. The minimum absolute atomic E-state index is 0.254. The maximum absolute atomic E-state index is 11.3. The second-order valence-corrected chi connectivity index (χ2v) is 3.58. The third-order valence-electron chi connectivity index (χ3n) is 2.67. The molecule has 0 aliphatic carbocycles. The zero-order valence-corrected chi connectivity index (χ0v) is 8.01. The fourth-order valence-corrected chi connectivity index (χ4v) is 1.92. The molecule has 2 N–H and O–H groups in total. The van der Waals surface area contributed by atoms with E-state index in [9.17, 15) is 9.59 Å².